The Morgan fingerprint density at radius 1 is 1.14 bits per heavy atom. The summed E-state index contributed by atoms with van der Waals surface area (Å²) in [4.78, 5) is 4.96. The van der Waals surface area contributed by atoms with Gasteiger partial charge in [-0.3, -0.25) is 0 Å². The molecule has 0 saturated carbocycles. The molecular formula is C16H16ClN2O3+. The smallest absolute Gasteiger partial charge is 0.299 e. The maximum Gasteiger partial charge on any atom is 0.299 e. The summed E-state index contributed by atoms with van der Waals surface area (Å²) in [6.07, 6.45) is -1.82. The van der Waals surface area contributed by atoms with E-state index in [0.29, 0.717) is 5.02 Å². The van der Waals surface area contributed by atoms with Crippen LogP contribution in [0.25, 0.3) is 0 Å². The lowest BCUT2D eigenvalue weighted by Crippen LogP contribution is -2.26. The van der Waals surface area contributed by atoms with Crippen LogP contribution in [0.3, 0.4) is 0 Å². The van der Waals surface area contributed by atoms with Crippen LogP contribution in [0.1, 0.15) is 23.3 Å². The molecule has 2 aromatic rings. The van der Waals surface area contributed by atoms with E-state index in [-0.39, 0.29) is 6.54 Å². The van der Waals surface area contributed by atoms with Gasteiger partial charge in [-0.15, -0.1) is 0 Å². The van der Waals surface area contributed by atoms with Crippen LogP contribution >= 0.6 is 11.6 Å². The quantitative estimate of drug-likeness (QED) is 0.852. The van der Waals surface area contributed by atoms with Gasteiger partial charge < -0.3 is 15.1 Å². The van der Waals surface area contributed by atoms with E-state index in [0.717, 1.165) is 11.1 Å². The van der Waals surface area contributed by atoms with Crippen LogP contribution in [-0.4, -0.2) is 27.7 Å². The number of rotatable bonds is 4. The molecule has 0 radical (unpaired) electrons. The molecule has 114 valence electrons. The molecular weight excluding hydrogens is 304 g/mol. The average Bonchev–Trinajstić information content (AvgIpc) is 2.89. The first kappa shape index (κ1) is 15.0. The van der Waals surface area contributed by atoms with Crippen LogP contribution in [0.5, 0.6) is 0 Å². The third-order valence-electron chi connectivity index (χ3n) is 3.61. The van der Waals surface area contributed by atoms with Crippen LogP contribution < -0.4 is 0 Å². The van der Waals surface area contributed by atoms with E-state index in [4.69, 9.17) is 16.4 Å². The third-order valence-corrected chi connectivity index (χ3v) is 3.86. The van der Waals surface area contributed by atoms with E-state index in [1.165, 1.54) is 0 Å². The minimum absolute atomic E-state index is 0.207. The van der Waals surface area contributed by atoms with Gasteiger partial charge in [0, 0.05) is 10.6 Å². The zero-order chi connectivity index (χ0) is 15.5. The molecule has 6 heteroatoms. The maximum atomic E-state index is 10.3. The Kier molecular flexibility index (Phi) is 4.38. The monoisotopic (exact) mass is 319 g/mol. The second kappa shape index (κ2) is 6.44. The van der Waals surface area contributed by atoms with Gasteiger partial charge in [0.05, 0.1) is 0 Å². The number of benzene rings is 2. The lowest BCUT2D eigenvalue weighted by molar-refractivity contribution is -0.636. The number of hydrogen-bond donors (Lipinski definition) is 2. The molecule has 1 heterocycles. The zero-order valence-corrected chi connectivity index (χ0v) is 12.5. The van der Waals surface area contributed by atoms with E-state index in [2.05, 4.69) is 5.28 Å². The first-order valence-corrected chi connectivity index (χ1v) is 7.33. The number of nitrogens with zero attached hydrogens (tertiary/aromatic N) is 2. The topological polar surface area (TPSA) is 65.1 Å². The molecule has 0 saturated heterocycles. The van der Waals surface area contributed by atoms with Gasteiger partial charge in [0.25, 0.3) is 12.3 Å². The first-order valence-electron chi connectivity index (χ1n) is 6.95. The van der Waals surface area contributed by atoms with Gasteiger partial charge in [0.15, 0.2) is 5.28 Å². The summed E-state index contributed by atoms with van der Waals surface area (Å²) in [5, 5.41) is 24.8. The van der Waals surface area contributed by atoms with Crippen molar-refractivity contribution >= 4 is 11.6 Å². The lowest BCUT2D eigenvalue weighted by Gasteiger charge is -2.12. The lowest BCUT2D eigenvalue weighted by atomic mass is 10.0. The molecule has 0 fully saturated rings. The highest BCUT2D eigenvalue weighted by Gasteiger charge is 2.42. The molecule has 0 aromatic heterocycles. The molecule has 22 heavy (non-hydrogen) atoms. The van der Waals surface area contributed by atoms with Crippen LogP contribution in [0.4, 0.5) is 0 Å². The molecule has 0 bridgehead atoms. The second-order valence-corrected chi connectivity index (χ2v) is 5.56. The average molecular weight is 320 g/mol. The Morgan fingerprint density at radius 2 is 1.82 bits per heavy atom. The number of aliphatic hydroxyl groups is 2. The van der Waals surface area contributed by atoms with Crippen molar-refractivity contribution in [2.75, 3.05) is 6.54 Å². The van der Waals surface area contributed by atoms with Gasteiger partial charge in [-0.1, -0.05) is 58.8 Å². The summed E-state index contributed by atoms with van der Waals surface area (Å²) in [5.41, 5.74) is 1.60. The predicted molar refractivity (Wildman–Crippen MR) is 80.2 cm³/mol. The fraction of sp³-hybridized carbons (Fsp3) is 0.250. The summed E-state index contributed by atoms with van der Waals surface area (Å²) in [7, 11) is 0. The van der Waals surface area contributed by atoms with Crippen LogP contribution in [0, 0.1) is 0 Å². The van der Waals surface area contributed by atoms with E-state index in [1.54, 1.807) is 29.0 Å². The van der Waals surface area contributed by atoms with Gasteiger partial charge in [-0.05, 0) is 17.7 Å². The molecule has 3 rings (SSSR count). The molecule has 3 atom stereocenters. The second-order valence-electron chi connectivity index (χ2n) is 5.12. The minimum atomic E-state index is -1.06. The van der Waals surface area contributed by atoms with Crippen molar-refractivity contribution in [2.45, 2.75) is 18.4 Å². The van der Waals surface area contributed by atoms with Crippen LogP contribution in [0.15, 0.2) is 59.9 Å². The largest absolute Gasteiger partial charge is 0.382 e. The maximum absolute atomic E-state index is 10.3. The van der Waals surface area contributed by atoms with Crippen molar-refractivity contribution in [2.24, 2.45) is 5.28 Å². The normalized spacial score (nSPS) is 22.0. The van der Waals surface area contributed by atoms with Crippen molar-refractivity contribution < 1.29 is 19.7 Å². The molecule has 2 N–H and O–H groups in total. The summed E-state index contributed by atoms with van der Waals surface area (Å²) in [5.74, 6) is 0. The summed E-state index contributed by atoms with van der Waals surface area (Å²) in [6, 6.07) is 16.0. The fourth-order valence-corrected chi connectivity index (χ4v) is 2.59. The number of aliphatic hydroxyl groups excluding tert-OH is 2. The molecule has 2 aromatic carbocycles. The number of β-amino-alcohol motifs (C(OH)–C–C–N with tert-alkyl or cyclic N) is 1. The summed E-state index contributed by atoms with van der Waals surface area (Å²) < 4.78 is 1.55. The van der Waals surface area contributed by atoms with E-state index in [9.17, 15) is 10.2 Å². The summed E-state index contributed by atoms with van der Waals surface area (Å²) >= 11 is 5.85. The molecule has 1 aliphatic rings. The van der Waals surface area contributed by atoms with Crippen molar-refractivity contribution in [3.63, 3.8) is 0 Å². The first-order chi connectivity index (χ1) is 10.6. The zero-order valence-electron chi connectivity index (χ0n) is 11.7. The van der Waals surface area contributed by atoms with Gasteiger partial charge >= 0.3 is 0 Å². The highest BCUT2D eigenvalue weighted by Crippen LogP contribution is 2.29. The van der Waals surface area contributed by atoms with Crippen LogP contribution in [0.2, 0.25) is 5.02 Å². The molecule has 0 amide bonds. The van der Waals surface area contributed by atoms with Gasteiger partial charge in [0.1, 0.15) is 6.10 Å². The Bertz CT molecular complexity index is 661. The van der Waals surface area contributed by atoms with Gasteiger partial charge in [-0.25, -0.2) is 0 Å². The van der Waals surface area contributed by atoms with Gasteiger partial charge in [-0.2, -0.15) is 0 Å². The van der Waals surface area contributed by atoms with Crippen LogP contribution in [-0.2, 0) is 4.84 Å². The van der Waals surface area contributed by atoms with Crippen molar-refractivity contribution in [3.05, 3.63) is 70.7 Å². The van der Waals surface area contributed by atoms with Crippen molar-refractivity contribution in [3.8, 4) is 0 Å². The highest BCUT2D eigenvalue weighted by molar-refractivity contribution is 6.30. The van der Waals surface area contributed by atoms with E-state index < -0.39 is 18.4 Å². The number of halogens is 1. The molecule has 0 spiro atoms. The highest BCUT2D eigenvalue weighted by atomic mass is 35.5. The summed E-state index contributed by atoms with van der Waals surface area (Å²) in [6.45, 7) is 0.207. The Labute approximate surface area is 133 Å². The van der Waals surface area contributed by atoms with E-state index in [1.807, 2.05) is 30.3 Å². The molecule has 0 aliphatic carbocycles. The standard InChI is InChI=1S/C16H16ClN2O3/c17-13-8-6-11(7-9-13)14(20)10-19-15(16(21)22-18-19)12-4-2-1-3-5-12/h1-9,14-16,20-21H,10H2/q+1. The predicted octanol–water partition coefficient (Wildman–Crippen LogP) is 2.84. The molecule has 5 nitrogen and oxygen atoms in total. The van der Waals surface area contributed by atoms with E-state index >= 15 is 0 Å². The Hall–Kier alpha value is -1.95. The Morgan fingerprint density at radius 3 is 2.50 bits per heavy atom. The van der Waals surface area contributed by atoms with Gasteiger partial charge in [0.2, 0.25) is 6.54 Å². The Balaban J connectivity index is 1.77. The minimum Gasteiger partial charge on any atom is -0.382 e. The molecule has 3 unspecified atom stereocenters. The SMILES string of the molecule is OC(C[N+]1=NOC(O)C1c1ccccc1)c1ccc(Cl)cc1. The fourth-order valence-electron chi connectivity index (χ4n) is 2.47. The third kappa shape index (κ3) is 3.11. The molecule has 1 aliphatic heterocycles. The number of hydrogen-bond acceptors (Lipinski definition) is 4. The van der Waals surface area contributed by atoms with Crippen molar-refractivity contribution in [1.29, 1.82) is 0 Å². The van der Waals surface area contributed by atoms with Crippen molar-refractivity contribution in [1.82, 2.24) is 0 Å².